The Labute approximate surface area is 76.1 Å². The van der Waals surface area contributed by atoms with Gasteiger partial charge in [0.25, 0.3) is 0 Å². The largest absolute Gasteiger partial charge is 0.446 e. The van der Waals surface area contributed by atoms with Gasteiger partial charge in [0.15, 0.2) is 11.5 Å². The number of hydrogen-bond acceptors (Lipinski definition) is 3. The number of ether oxygens (including phenoxy) is 2. The molecule has 1 aromatic rings. The first-order valence-electron chi connectivity index (χ1n) is 4.09. The summed E-state index contributed by atoms with van der Waals surface area (Å²) in [6.07, 6.45) is 2.86. The summed E-state index contributed by atoms with van der Waals surface area (Å²) in [5.41, 5.74) is -0.457. The standard InChI is InChI=1S/C9H11NO3/c1-9(2,3)13-8(11)10-4-6-7(5-10)12-6/h4-5H,1-3H3. The highest BCUT2D eigenvalue weighted by Crippen LogP contribution is 2.45. The van der Waals surface area contributed by atoms with E-state index < -0.39 is 5.60 Å². The third kappa shape index (κ3) is 1.66. The molecule has 13 heavy (non-hydrogen) atoms. The van der Waals surface area contributed by atoms with Gasteiger partial charge in [0, 0.05) is 0 Å². The normalized spacial score (nSPS) is 13.2. The molecule has 0 aliphatic carbocycles. The van der Waals surface area contributed by atoms with Crippen LogP contribution < -0.4 is 4.74 Å². The van der Waals surface area contributed by atoms with Crippen molar-refractivity contribution in [2.45, 2.75) is 26.4 Å². The van der Waals surface area contributed by atoms with E-state index in [4.69, 9.17) is 9.47 Å². The molecule has 0 bridgehead atoms. The van der Waals surface area contributed by atoms with E-state index in [1.165, 1.54) is 4.57 Å². The van der Waals surface area contributed by atoms with Crippen molar-refractivity contribution in [1.29, 1.82) is 0 Å². The van der Waals surface area contributed by atoms with E-state index in [0.717, 1.165) is 11.5 Å². The van der Waals surface area contributed by atoms with Crippen LogP contribution in [0, 0.1) is 0 Å². The van der Waals surface area contributed by atoms with Gasteiger partial charge in [0.2, 0.25) is 0 Å². The third-order valence-corrected chi connectivity index (χ3v) is 1.54. The van der Waals surface area contributed by atoms with Crippen molar-refractivity contribution >= 4 is 6.09 Å². The molecule has 4 nitrogen and oxygen atoms in total. The summed E-state index contributed by atoms with van der Waals surface area (Å²) in [7, 11) is 0. The van der Waals surface area contributed by atoms with Crippen LogP contribution >= 0.6 is 0 Å². The minimum atomic E-state index is -0.457. The van der Waals surface area contributed by atoms with Gasteiger partial charge < -0.3 is 9.47 Å². The second kappa shape index (κ2) is 2.28. The van der Waals surface area contributed by atoms with Crippen LogP contribution in [0.2, 0.25) is 0 Å². The Morgan fingerprint density at radius 3 is 2.38 bits per heavy atom. The van der Waals surface area contributed by atoms with Gasteiger partial charge in [-0.3, -0.25) is 4.57 Å². The Morgan fingerprint density at radius 1 is 1.38 bits per heavy atom. The summed E-state index contributed by atoms with van der Waals surface area (Å²) in [4.78, 5) is 11.4. The molecule has 0 aromatic carbocycles. The maximum Gasteiger partial charge on any atom is 0.418 e. The number of hydrogen-bond donors (Lipinski definition) is 0. The number of fused-ring (bicyclic) bond motifs is 1. The Hall–Kier alpha value is -1.45. The molecule has 2 heterocycles. The van der Waals surface area contributed by atoms with Gasteiger partial charge in [0.05, 0.1) is 12.4 Å². The molecule has 1 aliphatic heterocycles. The number of rotatable bonds is 0. The molecule has 4 heteroatoms. The van der Waals surface area contributed by atoms with E-state index in [2.05, 4.69) is 0 Å². The molecule has 70 valence electrons. The fourth-order valence-corrected chi connectivity index (χ4v) is 0.983. The summed E-state index contributed by atoms with van der Waals surface area (Å²) in [5, 5.41) is 0. The van der Waals surface area contributed by atoms with E-state index in [0.29, 0.717) is 0 Å². The number of nitrogens with zero attached hydrogens (tertiary/aromatic N) is 1. The first kappa shape index (κ1) is 8.16. The zero-order valence-corrected chi connectivity index (χ0v) is 7.83. The fourth-order valence-electron chi connectivity index (χ4n) is 0.983. The number of carbonyl (C=O) groups excluding carboxylic acids is 1. The average Bonchev–Trinajstić information content (AvgIpc) is 2.55. The number of aromatic nitrogens is 1. The van der Waals surface area contributed by atoms with Gasteiger partial charge in [-0.1, -0.05) is 0 Å². The van der Waals surface area contributed by atoms with E-state index in [1.807, 2.05) is 20.8 Å². The fraction of sp³-hybridized carbons (Fsp3) is 0.444. The molecule has 0 saturated carbocycles. The van der Waals surface area contributed by atoms with E-state index in [1.54, 1.807) is 12.4 Å². The lowest BCUT2D eigenvalue weighted by Gasteiger charge is -2.19. The highest BCUT2D eigenvalue weighted by atomic mass is 16.6. The monoisotopic (exact) mass is 181 g/mol. The van der Waals surface area contributed by atoms with Gasteiger partial charge in [-0.25, -0.2) is 4.79 Å². The van der Waals surface area contributed by atoms with Crippen LogP contribution in [0.5, 0.6) is 11.5 Å². The molecular formula is C9H11NO3. The van der Waals surface area contributed by atoms with Gasteiger partial charge in [-0.15, -0.1) is 0 Å². The molecule has 0 atom stereocenters. The van der Waals surface area contributed by atoms with Gasteiger partial charge in [0.1, 0.15) is 5.60 Å². The lowest BCUT2D eigenvalue weighted by molar-refractivity contribution is 0.0535. The maximum atomic E-state index is 11.4. The molecular weight excluding hydrogens is 170 g/mol. The van der Waals surface area contributed by atoms with Crippen molar-refractivity contribution in [3.63, 3.8) is 0 Å². The summed E-state index contributed by atoms with van der Waals surface area (Å²) in [6, 6.07) is 0. The summed E-state index contributed by atoms with van der Waals surface area (Å²) in [5.74, 6) is 1.51. The van der Waals surface area contributed by atoms with Crippen LogP contribution in [0.4, 0.5) is 4.79 Å². The van der Waals surface area contributed by atoms with Crippen molar-refractivity contribution in [2.24, 2.45) is 0 Å². The second-order valence-electron chi connectivity index (χ2n) is 3.98. The first-order valence-corrected chi connectivity index (χ1v) is 4.09. The molecule has 0 amide bonds. The van der Waals surface area contributed by atoms with Crippen LogP contribution in [-0.2, 0) is 4.74 Å². The van der Waals surface area contributed by atoms with Crippen molar-refractivity contribution < 1.29 is 14.3 Å². The highest BCUT2D eigenvalue weighted by Gasteiger charge is 2.27. The molecule has 1 aromatic heterocycles. The molecule has 0 unspecified atom stereocenters. The Kier molecular flexibility index (Phi) is 1.43. The number of carbonyl (C=O) groups is 1. The SMILES string of the molecule is CC(C)(C)OC(=O)n1cc2c(c1)O2. The van der Waals surface area contributed by atoms with Crippen LogP contribution in [0.3, 0.4) is 0 Å². The van der Waals surface area contributed by atoms with Crippen LogP contribution in [0.25, 0.3) is 0 Å². The quantitative estimate of drug-likeness (QED) is 0.586. The third-order valence-electron chi connectivity index (χ3n) is 1.54. The van der Waals surface area contributed by atoms with Gasteiger partial charge in [-0.05, 0) is 20.8 Å². The predicted molar refractivity (Wildman–Crippen MR) is 46.1 cm³/mol. The topological polar surface area (TPSA) is 43.8 Å². The van der Waals surface area contributed by atoms with Crippen molar-refractivity contribution in [3.05, 3.63) is 12.4 Å². The minimum absolute atomic E-state index is 0.372. The van der Waals surface area contributed by atoms with Crippen LogP contribution in [-0.4, -0.2) is 16.3 Å². The molecule has 0 N–H and O–H groups in total. The van der Waals surface area contributed by atoms with Gasteiger partial charge >= 0.3 is 6.09 Å². The first-order chi connectivity index (χ1) is 5.96. The molecule has 0 spiro atoms. The van der Waals surface area contributed by atoms with E-state index in [-0.39, 0.29) is 6.09 Å². The lowest BCUT2D eigenvalue weighted by atomic mass is 10.2. The zero-order chi connectivity index (χ0) is 9.64. The highest BCUT2D eigenvalue weighted by molar-refractivity contribution is 5.74. The zero-order valence-electron chi connectivity index (χ0n) is 7.83. The molecule has 0 radical (unpaired) electrons. The molecule has 0 fully saturated rings. The Balaban J connectivity index is 2.07. The van der Waals surface area contributed by atoms with Gasteiger partial charge in [-0.2, -0.15) is 0 Å². The summed E-state index contributed by atoms with van der Waals surface area (Å²) >= 11 is 0. The molecule has 0 saturated heterocycles. The second-order valence-corrected chi connectivity index (χ2v) is 3.98. The van der Waals surface area contributed by atoms with Crippen LogP contribution in [0.15, 0.2) is 12.4 Å². The van der Waals surface area contributed by atoms with E-state index >= 15 is 0 Å². The van der Waals surface area contributed by atoms with E-state index in [9.17, 15) is 4.79 Å². The smallest absolute Gasteiger partial charge is 0.418 e. The minimum Gasteiger partial charge on any atom is -0.446 e. The van der Waals surface area contributed by atoms with Crippen LogP contribution in [0.1, 0.15) is 20.8 Å². The Bertz CT molecular complexity index is 340. The molecule has 2 rings (SSSR count). The van der Waals surface area contributed by atoms with Crippen molar-refractivity contribution in [1.82, 2.24) is 4.57 Å². The summed E-state index contributed by atoms with van der Waals surface area (Å²) < 4.78 is 11.5. The maximum absolute atomic E-state index is 11.4. The predicted octanol–water partition coefficient (Wildman–Crippen LogP) is 2.38. The molecule has 1 aliphatic rings. The Morgan fingerprint density at radius 2 is 1.92 bits per heavy atom. The average molecular weight is 181 g/mol. The van der Waals surface area contributed by atoms with Crippen molar-refractivity contribution in [3.8, 4) is 11.5 Å². The summed E-state index contributed by atoms with van der Waals surface area (Å²) in [6.45, 7) is 5.50. The van der Waals surface area contributed by atoms with Crippen molar-refractivity contribution in [2.75, 3.05) is 0 Å². The lowest BCUT2D eigenvalue weighted by Crippen LogP contribution is -2.26.